The number of hydrogen-bond acceptors (Lipinski definition) is 3. The Balaban J connectivity index is 1.90. The second-order valence-electron chi connectivity index (χ2n) is 6.01. The molecule has 0 bridgehead atoms. The van der Waals surface area contributed by atoms with Crippen LogP contribution in [0.3, 0.4) is 0 Å². The largest absolute Gasteiger partial charge is 0.357 e. The van der Waals surface area contributed by atoms with E-state index in [0.717, 1.165) is 0 Å². The molecule has 1 atom stereocenters. The van der Waals surface area contributed by atoms with E-state index < -0.39 is 6.04 Å². The zero-order valence-corrected chi connectivity index (χ0v) is 14.0. The molecule has 0 radical (unpaired) electrons. The Morgan fingerprint density at radius 3 is 2.68 bits per heavy atom. The van der Waals surface area contributed by atoms with E-state index >= 15 is 0 Å². The average molecular weight is 346 g/mol. The van der Waals surface area contributed by atoms with E-state index in [1.165, 1.54) is 31.0 Å². The number of H-pyrrole nitrogens is 1. The van der Waals surface area contributed by atoms with Crippen molar-refractivity contribution in [2.75, 3.05) is 26.7 Å². The minimum absolute atomic E-state index is 0.137. The number of benzene rings is 1. The Bertz CT molecular complexity index is 848. The lowest BCUT2D eigenvalue weighted by Gasteiger charge is -2.39. The second kappa shape index (κ2) is 6.54. The zero-order chi connectivity index (χ0) is 18.1. The van der Waals surface area contributed by atoms with Gasteiger partial charge in [0.15, 0.2) is 0 Å². The number of rotatable bonds is 2. The minimum atomic E-state index is -0.765. The summed E-state index contributed by atoms with van der Waals surface area (Å²) in [6.07, 6.45) is 0. The lowest BCUT2D eigenvalue weighted by atomic mass is 10.1. The molecule has 2 aromatic rings. The maximum absolute atomic E-state index is 13.3. The van der Waals surface area contributed by atoms with Crippen LogP contribution in [0.4, 0.5) is 4.39 Å². The monoisotopic (exact) mass is 346 g/mol. The van der Waals surface area contributed by atoms with E-state index in [1.54, 1.807) is 17.0 Å². The molecule has 0 saturated carbocycles. The number of nitrogens with one attached hydrogen (secondary N) is 2. The molecule has 1 aromatic heterocycles. The van der Waals surface area contributed by atoms with Crippen LogP contribution in [0.5, 0.6) is 0 Å². The number of aromatic amines is 1. The first-order valence-corrected chi connectivity index (χ1v) is 7.97. The molecule has 3 rings (SSSR count). The maximum atomic E-state index is 13.3. The topological polar surface area (TPSA) is 85.5 Å². The summed E-state index contributed by atoms with van der Waals surface area (Å²) in [6, 6.07) is 5.02. The summed E-state index contributed by atoms with van der Waals surface area (Å²) >= 11 is 0. The van der Waals surface area contributed by atoms with Gasteiger partial charge in [-0.2, -0.15) is 0 Å². The molecular weight excluding hydrogens is 327 g/mol. The first-order valence-electron chi connectivity index (χ1n) is 7.97. The summed E-state index contributed by atoms with van der Waals surface area (Å²) in [5.41, 5.74) is 0.925. The van der Waals surface area contributed by atoms with Gasteiger partial charge in [-0.3, -0.25) is 14.4 Å². The van der Waals surface area contributed by atoms with Crippen LogP contribution in [0.1, 0.15) is 17.4 Å². The Kier molecular flexibility index (Phi) is 4.43. The predicted molar refractivity (Wildman–Crippen MR) is 89.4 cm³/mol. The average Bonchev–Trinajstić information content (AvgIpc) is 3.02. The van der Waals surface area contributed by atoms with E-state index in [4.69, 9.17) is 0 Å². The smallest absolute Gasteiger partial charge is 0.271 e. The zero-order valence-electron chi connectivity index (χ0n) is 14.0. The van der Waals surface area contributed by atoms with Gasteiger partial charge in [-0.15, -0.1) is 0 Å². The molecular formula is C17H19FN4O3. The van der Waals surface area contributed by atoms with Crippen molar-refractivity contribution >= 4 is 28.6 Å². The third-order valence-electron chi connectivity index (χ3n) is 4.45. The van der Waals surface area contributed by atoms with Crippen LogP contribution in [-0.2, 0) is 9.59 Å². The van der Waals surface area contributed by atoms with Gasteiger partial charge in [0.05, 0.1) is 6.54 Å². The van der Waals surface area contributed by atoms with E-state index in [-0.39, 0.29) is 42.3 Å². The third kappa shape index (κ3) is 3.19. The normalized spacial score (nSPS) is 17.6. The van der Waals surface area contributed by atoms with Crippen LogP contribution in [-0.4, -0.2) is 65.2 Å². The molecule has 1 fully saturated rings. The summed E-state index contributed by atoms with van der Waals surface area (Å²) < 4.78 is 13.3. The van der Waals surface area contributed by atoms with Crippen molar-refractivity contribution < 1.29 is 18.8 Å². The number of halogens is 1. The fourth-order valence-corrected chi connectivity index (χ4v) is 3.08. The van der Waals surface area contributed by atoms with Gasteiger partial charge < -0.3 is 20.1 Å². The van der Waals surface area contributed by atoms with E-state index in [0.29, 0.717) is 17.4 Å². The van der Waals surface area contributed by atoms with E-state index in [2.05, 4.69) is 10.3 Å². The van der Waals surface area contributed by atoms with Crippen molar-refractivity contribution in [3.05, 3.63) is 35.8 Å². The van der Waals surface area contributed by atoms with Gasteiger partial charge in [0.2, 0.25) is 11.8 Å². The number of piperazine rings is 1. The van der Waals surface area contributed by atoms with Crippen molar-refractivity contribution in [1.82, 2.24) is 20.1 Å². The summed E-state index contributed by atoms with van der Waals surface area (Å²) in [5, 5.41) is 3.12. The quantitative estimate of drug-likeness (QED) is 0.840. The Morgan fingerprint density at radius 1 is 1.24 bits per heavy atom. The van der Waals surface area contributed by atoms with Gasteiger partial charge in [0.25, 0.3) is 5.91 Å². The van der Waals surface area contributed by atoms with Crippen molar-refractivity contribution in [1.29, 1.82) is 0 Å². The van der Waals surface area contributed by atoms with Crippen molar-refractivity contribution in [3.8, 4) is 0 Å². The molecule has 0 spiro atoms. The van der Waals surface area contributed by atoms with Gasteiger partial charge in [0, 0.05) is 38.0 Å². The second-order valence-corrected chi connectivity index (χ2v) is 6.01. The lowest BCUT2D eigenvalue weighted by Crippen LogP contribution is -2.61. The molecule has 25 heavy (non-hydrogen) atoms. The number of hydrogen-bond donors (Lipinski definition) is 2. The number of aromatic nitrogens is 1. The SMILES string of the molecule is CNC(=O)[C@H]1CN(C(C)=O)CCN1C(=O)c1cc2cc(F)ccc2[nH]1. The summed E-state index contributed by atoms with van der Waals surface area (Å²) in [5.74, 6) is -1.21. The highest BCUT2D eigenvalue weighted by Crippen LogP contribution is 2.20. The highest BCUT2D eigenvalue weighted by Gasteiger charge is 2.36. The Morgan fingerprint density at radius 2 is 2.00 bits per heavy atom. The highest BCUT2D eigenvalue weighted by molar-refractivity contribution is 6.00. The lowest BCUT2D eigenvalue weighted by molar-refractivity contribution is -0.135. The van der Waals surface area contributed by atoms with Crippen LogP contribution in [0, 0.1) is 5.82 Å². The van der Waals surface area contributed by atoms with Crippen molar-refractivity contribution in [3.63, 3.8) is 0 Å². The maximum Gasteiger partial charge on any atom is 0.271 e. The number of likely N-dealkylation sites (N-methyl/N-ethyl adjacent to an activating group) is 1. The molecule has 0 unspecified atom stereocenters. The minimum Gasteiger partial charge on any atom is -0.357 e. The molecule has 1 aliphatic rings. The standard InChI is InChI=1S/C17H19FN4O3/c1-10(23)21-5-6-22(15(9-21)16(24)19-2)17(25)14-8-11-7-12(18)3-4-13(11)20-14/h3-4,7-8,15,20H,5-6,9H2,1-2H3,(H,19,24)/t15-/m1/s1. The Labute approximate surface area is 143 Å². The van der Waals surface area contributed by atoms with Gasteiger partial charge in [-0.1, -0.05) is 0 Å². The molecule has 2 N–H and O–H groups in total. The highest BCUT2D eigenvalue weighted by atomic mass is 19.1. The fraction of sp³-hybridized carbons (Fsp3) is 0.353. The first-order chi connectivity index (χ1) is 11.9. The summed E-state index contributed by atoms with van der Waals surface area (Å²) in [7, 11) is 1.49. The number of carbonyl (C=O) groups excluding carboxylic acids is 3. The molecule has 8 heteroatoms. The predicted octanol–water partition coefficient (Wildman–Crippen LogP) is 0.726. The van der Waals surface area contributed by atoms with E-state index in [9.17, 15) is 18.8 Å². The molecule has 3 amide bonds. The van der Waals surface area contributed by atoms with E-state index in [1.807, 2.05) is 0 Å². The number of nitrogens with zero attached hydrogens (tertiary/aromatic N) is 2. The van der Waals surface area contributed by atoms with Crippen LogP contribution in [0.15, 0.2) is 24.3 Å². The molecule has 2 heterocycles. The number of amides is 3. The molecule has 7 nitrogen and oxygen atoms in total. The molecule has 132 valence electrons. The van der Waals surface area contributed by atoms with Crippen LogP contribution < -0.4 is 5.32 Å². The number of fused-ring (bicyclic) bond motifs is 1. The molecule has 1 saturated heterocycles. The van der Waals surface area contributed by atoms with Crippen LogP contribution in [0.25, 0.3) is 10.9 Å². The summed E-state index contributed by atoms with van der Waals surface area (Å²) in [4.78, 5) is 42.6. The molecule has 1 aliphatic heterocycles. The van der Waals surface area contributed by atoms with Crippen LogP contribution >= 0.6 is 0 Å². The Hall–Kier alpha value is -2.90. The fourth-order valence-electron chi connectivity index (χ4n) is 3.08. The van der Waals surface area contributed by atoms with Gasteiger partial charge in [-0.05, 0) is 24.3 Å². The molecule has 1 aromatic carbocycles. The van der Waals surface area contributed by atoms with Crippen LogP contribution in [0.2, 0.25) is 0 Å². The van der Waals surface area contributed by atoms with Crippen molar-refractivity contribution in [2.24, 2.45) is 0 Å². The molecule has 0 aliphatic carbocycles. The summed E-state index contributed by atoms with van der Waals surface area (Å²) in [6.45, 7) is 2.20. The van der Waals surface area contributed by atoms with Crippen molar-refractivity contribution in [2.45, 2.75) is 13.0 Å². The third-order valence-corrected chi connectivity index (χ3v) is 4.45. The van der Waals surface area contributed by atoms with Gasteiger partial charge in [-0.25, -0.2) is 4.39 Å². The number of carbonyl (C=O) groups is 3. The van der Waals surface area contributed by atoms with Gasteiger partial charge in [0.1, 0.15) is 17.6 Å². The first kappa shape index (κ1) is 16.9. The van der Waals surface area contributed by atoms with Gasteiger partial charge >= 0.3 is 0 Å².